The van der Waals surface area contributed by atoms with Gasteiger partial charge in [-0.1, -0.05) is 41.5 Å². The third-order valence-electron chi connectivity index (χ3n) is 10.8. The molecule has 0 spiro atoms. The number of aromatic nitrogens is 9. The monoisotopic (exact) mass is 692 g/mol. The van der Waals surface area contributed by atoms with Crippen molar-refractivity contribution < 1.29 is 0 Å². The molecule has 3 aliphatic heterocycles. The van der Waals surface area contributed by atoms with Gasteiger partial charge >= 0.3 is 0 Å². The average molecular weight is 693 g/mol. The predicted molar refractivity (Wildman–Crippen MR) is 200 cm³/mol. The zero-order valence-corrected chi connectivity index (χ0v) is 29.4. The van der Waals surface area contributed by atoms with Gasteiger partial charge in [0.25, 0.3) is 0 Å². The molecule has 260 valence electrons. The van der Waals surface area contributed by atoms with E-state index in [9.17, 15) is 0 Å². The summed E-state index contributed by atoms with van der Waals surface area (Å²) in [5.74, 6) is 1.37. The van der Waals surface area contributed by atoms with Crippen LogP contribution >= 0.6 is 0 Å². The summed E-state index contributed by atoms with van der Waals surface area (Å²) >= 11 is 0. The van der Waals surface area contributed by atoms with Gasteiger partial charge in [0.05, 0.1) is 17.1 Å². The molecule has 3 aliphatic rings. The molecular formula is C36H36N16. The van der Waals surface area contributed by atoms with Crippen LogP contribution in [0, 0.1) is 0 Å². The van der Waals surface area contributed by atoms with Crippen LogP contribution in [0.3, 0.4) is 0 Å². The van der Waals surface area contributed by atoms with Gasteiger partial charge in [-0.15, -0.1) is 0 Å². The van der Waals surface area contributed by atoms with Crippen molar-refractivity contribution in [3.05, 3.63) is 69.8 Å². The first-order chi connectivity index (χ1) is 24.4. The summed E-state index contributed by atoms with van der Waals surface area (Å²) in [5.41, 5.74) is 46.8. The number of nitrogens with two attached hydrogens (primary N) is 6. The minimum absolute atomic E-state index is 0.0386. The molecular weight excluding hydrogens is 657 g/mol. The molecule has 3 aromatic heterocycles. The highest BCUT2D eigenvalue weighted by atomic mass is 15.2. The van der Waals surface area contributed by atoms with Crippen LogP contribution in [0.15, 0.2) is 36.4 Å². The second-order valence-corrected chi connectivity index (χ2v) is 15.1. The largest absolute Gasteiger partial charge is 0.368 e. The van der Waals surface area contributed by atoms with E-state index in [4.69, 9.17) is 34.4 Å². The van der Waals surface area contributed by atoms with E-state index in [2.05, 4.69) is 128 Å². The summed E-state index contributed by atoms with van der Waals surface area (Å²) in [6.45, 7) is 13.3. The fraction of sp³-hybridized carbons (Fsp3) is 0.250. The zero-order valence-electron chi connectivity index (χ0n) is 29.4. The highest BCUT2D eigenvalue weighted by molar-refractivity contribution is 6.00. The van der Waals surface area contributed by atoms with E-state index in [1.165, 1.54) is 0 Å². The minimum Gasteiger partial charge on any atom is -0.368 e. The number of nitrogen functional groups attached to an aromatic ring is 6. The van der Waals surface area contributed by atoms with Gasteiger partial charge in [-0.2, -0.15) is 44.9 Å². The first-order valence-corrected chi connectivity index (χ1v) is 16.6. The van der Waals surface area contributed by atoms with Crippen molar-refractivity contribution >= 4 is 52.8 Å². The Balaban J connectivity index is 1.44. The van der Waals surface area contributed by atoms with Crippen LogP contribution in [-0.4, -0.2) is 44.9 Å². The molecule has 0 bridgehead atoms. The lowest BCUT2D eigenvalue weighted by molar-refractivity contribution is 0.567. The van der Waals surface area contributed by atoms with Crippen LogP contribution in [0.2, 0.25) is 0 Å². The Morgan fingerprint density at radius 3 is 0.731 bits per heavy atom. The second kappa shape index (κ2) is 9.74. The highest BCUT2D eigenvalue weighted by Crippen LogP contribution is 2.67. The van der Waals surface area contributed by atoms with Crippen molar-refractivity contribution in [2.45, 2.75) is 57.8 Å². The van der Waals surface area contributed by atoms with Gasteiger partial charge in [-0.25, -0.2) is 0 Å². The van der Waals surface area contributed by atoms with Crippen LogP contribution < -0.4 is 39.3 Å². The van der Waals surface area contributed by atoms with Crippen molar-refractivity contribution in [3.63, 3.8) is 0 Å². The Morgan fingerprint density at radius 1 is 0.346 bits per heavy atom. The number of benzene rings is 3. The van der Waals surface area contributed by atoms with Crippen molar-refractivity contribution in [2.75, 3.05) is 39.3 Å². The first kappa shape index (κ1) is 31.3. The van der Waals surface area contributed by atoms with E-state index in [0.29, 0.717) is 17.5 Å². The molecule has 0 saturated heterocycles. The molecule has 9 rings (SSSR count). The topological polar surface area (TPSA) is 275 Å². The van der Waals surface area contributed by atoms with E-state index in [1.54, 1.807) is 0 Å². The fourth-order valence-electron chi connectivity index (χ4n) is 8.26. The van der Waals surface area contributed by atoms with Gasteiger partial charge in [0.2, 0.25) is 35.7 Å². The van der Waals surface area contributed by atoms with Gasteiger partial charge in [0.15, 0.2) is 17.5 Å². The van der Waals surface area contributed by atoms with Gasteiger partial charge in [-0.05, 0) is 69.8 Å². The Bertz CT molecular complexity index is 2170. The Labute approximate surface area is 298 Å². The summed E-state index contributed by atoms with van der Waals surface area (Å²) in [5, 5.41) is 0. The molecule has 0 saturated carbocycles. The minimum atomic E-state index is -0.550. The maximum absolute atomic E-state index is 6.09. The SMILES string of the molecule is CC1(C)c2cc(-c3nc(N)nc(N)n3)cc3c2N2c4c1cc(-c1nc(N)nc(N)n1)cc4C(C)(C)c1cc(-c4nc(N)nc(N)n4)cc(c12)C3(C)C. The van der Waals surface area contributed by atoms with Crippen molar-refractivity contribution in [1.29, 1.82) is 0 Å². The van der Waals surface area contributed by atoms with Crippen LogP contribution in [0.4, 0.5) is 52.8 Å². The Morgan fingerprint density at radius 2 is 0.538 bits per heavy atom. The van der Waals surface area contributed by atoms with Crippen molar-refractivity contribution in [1.82, 2.24) is 44.9 Å². The number of nitrogens with zero attached hydrogens (tertiary/aromatic N) is 10. The predicted octanol–water partition coefficient (Wildman–Crippen LogP) is 4.12. The summed E-state index contributed by atoms with van der Waals surface area (Å²) in [6.07, 6.45) is 0. The Kier molecular flexibility index (Phi) is 5.86. The summed E-state index contributed by atoms with van der Waals surface area (Å²) in [4.78, 5) is 41.5. The first-order valence-electron chi connectivity index (χ1n) is 16.6. The molecule has 6 aromatic rings. The maximum Gasteiger partial charge on any atom is 0.225 e. The van der Waals surface area contributed by atoms with Crippen LogP contribution in [-0.2, 0) is 16.2 Å². The van der Waals surface area contributed by atoms with E-state index in [-0.39, 0.29) is 35.7 Å². The third kappa shape index (κ3) is 4.11. The second-order valence-electron chi connectivity index (χ2n) is 15.1. The molecule has 0 amide bonds. The number of hydrogen-bond acceptors (Lipinski definition) is 16. The molecule has 0 radical (unpaired) electrons. The van der Waals surface area contributed by atoms with Gasteiger partial charge in [0.1, 0.15) is 0 Å². The van der Waals surface area contributed by atoms with Crippen LogP contribution in [0.5, 0.6) is 0 Å². The number of rotatable bonds is 3. The van der Waals surface area contributed by atoms with Crippen LogP contribution in [0.25, 0.3) is 34.2 Å². The van der Waals surface area contributed by atoms with E-state index in [1.807, 2.05) is 0 Å². The summed E-state index contributed by atoms with van der Waals surface area (Å²) < 4.78 is 0. The Hall–Kier alpha value is -6.71. The molecule has 0 aliphatic carbocycles. The molecule has 16 heteroatoms. The van der Waals surface area contributed by atoms with E-state index in [0.717, 1.165) is 67.1 Å². The van der Waals surface area contributed by atoms with Gasteiger partial charge in [0, 0.05) is 32.9 Å². The smallest absolute Gasteiger partial charge is 0.225 e. The lowest BCUT2D eigenvalue weighted by Gasteiger charge is -2.55. The summed E-state index contributed by atoms with van der Waals surface area (Å²) in [6, 6.07) is 12.8. The quantitative estimate of drug-likeness (QED) is 0.152. The average Bonchev–Trinajstić information content (AvgIpc) is 3.05. The normalized spacial score (nSPS) is 16.4. The maximum atomic E-state index is 6.09. The van der Waals surface area contributed by atoms with Gasteiger partial charge < -0.3 is 39.3 Å². The van der Waals surface area contributed by atoms with Crippen molar-refractivity contribution in [2.24, 2.45) is 0 Å². The molecule has 16 nitrogen and oxygen atoms in total. The molecule has 3 aromatic carbocycles. The van der Waals surface area contributed by atoms with E-state index >= 15 is 0 Å². The lowest BCUT2D eigenvalue weighted by atomic mass is 9.60. The standard InChI is InChI=1S/C36H36N16/c1-34(2)16-7-13(25-43-28(37)49-29(38)44-25)9-18-22(16)52-23-17(34)8-14(26-45-30(39)50-31(40)46-26)10-19(23)36(5,6)21-12-15(11-20(24(21)52)35(18,3)4)27-47-32(41)51-33(42)48-27/h7-12H,1-6H3,(H4,37,38,43,44,49)(H4,39,40,45,46,50)(H4,41,42,47,48,51). The summed E-state index contributed by atoms with van der Waals surface area (Å²) in [7, 11) is 0. The van der Waals surface area contributed by atoms with Gasteiger partial charge in [-0.3, -0.25) is 0 Å². The lowest BCUT2D eigenvalue weighted by Crippen LogP contribution is -2.43. The number of hydrogen-bond donors (Lipinski definition) is 6. The molecule has 12 N–H and O–H groups in total. The zero-order chi connectivity index (χ0) is 36.8. The number of anilines is 9. The highest BCUT2D eigenvalue weighted by Gasteiger charge is 2.52. The fourth-order valence-corrected chi connectivity index (χ4v) is 8.26. The molecule has 0 unspecified atom stereocenters. The molecule has 0 atom stereocenters. The molecule has 52 heavy (non-hydrogen) atoms. The molecule has 6 heterocycles. The van der Waals surface area contributed by atoms with E-state index < -0.39 is 16.2 Å². The molecule has 0 fully saturated rings. The third-order valence-corrected chi connectivity index (χ3v) is 10.8. The van der Waals surface area contributed by atoms with Crippen LogP contribution in [0.1, 0.15) is 74.9 Å². The van der Waals surface area contributed by atoms with Crippen molar-refractivity contribution in [3.8, 4) is 34.2 Å².